The monoisotopic (exact) mass is 273 g/mol. The van der Waals surface area contributed by atoms with Crippen molar-refractivity contribution >= 4 is 11.3 Å². The zero-order chi connectivity index (χ0) is 13.8. The molecule has 0 radical (unpaired) electrons. The molecule has 1 aromatic heterocycles. The summed E-state index contributed by atoms with van der Waals surface area (Å²) in [6.45, 7) is 9.83. The molecular weight excluding hydrogens is 250 g/mol. The van der Waals surface area contributed by atoms with E-state index in [0.717, 1.165) is 13.0 Å². The Bertz CT molecular complexity index is 542. The van der Waals surface area contributed by atoms with E-state index in [1.165, 1.54) is 27.8 Å². The maximum Gasteiger partial charge on any atom is 0.0590 e. The minimum atomic E-state index is 0.326. The molecule has 0 aliphatic rings. The van der Waals surface area contributed by atoms with Crippen molar-refractivity contribution in [1.29, 1.82) is 0 Å². The van der Waals surface area contributed by atoms with Gasteiger partial charge in [0.1, 0.15) is 0 Å². The van der Waals surface area contributed by atoms with Gasteiger partial charge in [0.05, 0.1) is 6.04 Å². The molecule has 2 rings (SSSR count). The second-order valence-electron chi connectivity index (χ2n) is 5.26. The van der Waals surface area contributed by atoms with E-state index in [9.17, 15) is 0 Å². The Kier molecular flexibility index (Phi) is 4.78. The lowest BCUT2D eigenvalue weighted by Crippen LogP contribution is -2.24. The highest BCUT2D eigenvalue weighted by Crippen LogP contribution is 2.30. The molecular formula is C17H23NS. The number of thiophene rings is 1. The summed E-state index contributed by atoms with van der Waals surface area (Å²) in [6.07, 6.45) is 1.16. The van der Waals surface area contributed by atoms with Crippen molar-refractivity contribution in [1.82, 2.24) is 5.32 Å². The van der Waals surface area contributed by atoms with Gasteiger partial charge in [0, 0.05) is 0 Å². The molecule has 1 atom stereocenters. The average molecular weight is 273 g/mol. The number of rotatable bonds is 5. The van der Waals surface area contributed by atoms with Crippen LogP contribution in [0, 0.1) is 20.8 Å². The number of hydrogen-bond acceptors (Lipinski definition) is 2. The van der Waals surface area contributed by atoms with Crippen molar-refractivity contribution in [3.8, 4) is 0 Å². The van der Waals surface area contributed by atoms with E-state index >= 15 is 0 Å². The van der Waals surface area contributed by atoms with Crippen LogP contribution in [0.1, 0.15) is 47.2 Å². The van der Waals surface area contributed by atoms with Gasteiger partial charge in [-0.15, -0.1) is 0 Å². The lowest BCUT2D eigenvalue weighted by Gasteiger charge is -2.21. The van der Waals surface area contributed by atoms with Crippen LogP contribution in [0.3, 0.4) is 0 Å². The Morgan fingerprint density at radius 2 is 1.84 bits per heavy atom. The van der Waals surface area contributed by atoms with Gasteiger partial charge < -0.3 is 5.32 Å². The van der Waals surface area contributed by atoms with Crippen molar-refractivity contribution in [3.05, 3.63) is 56.8 Å². The highest BCUT2D eigenvalue weighted by Gasteiger charge is 2.17. The van der Waals surface area contributed by atoms with E-state index < -0.39 is 0 Å². The molecule has 1 aromatic carbocycles. The van der Waals surface area contributed by atoms with Gasteiger partial charge in [-0.25, -0.2) is 0 Å². The fourth-order valence-electron chi connectivity index (χ4n) is 2.49. The molecule has 1 heterocycles. The molecule has 0 fully saturated rings. The van der Waals surface area contributed by atoms with Gasteiger partial charge >= 0.3 is 0 Å². The van der Waals surface area contributed by atoms with E-state index in [1.54, 1.807) is 11.3 Å². The molecule has 0 saturated heterocycles. The van der Waals surface area contributed by atoms with E-state index in [4.69, 9.17) is 0 Å². The lowest BCUT2D eigenvalue weighted by molar-refractivity contribution is 0.595. The van der Waals surface area contributed by atoms with Crippen molar-refractivity contribution in [2.75, 3.05) is 6.54 Å². The van der Waals surface area contributed by atoms with Gasteiger partial charge in [0.15, 0.2) is 0 Å². The van der Waals surface area contributed by atoms with Crippen molar-refractivity contribution in [2.24, 2.45) is 0 Å². The smallest absolute Gasteiger partial charge is 0.0590 e. The molecule has 1 N–H and O–H groups in total. The molecule has 102 valence electrons. The Labute approximate surface area is 120 Å². The van der Waals surface area contributed by atoms with E-state index in [2.05, 4.69) is 62.0 Å². The second-order valence-corrected chi connectivity index (χ2v) is 6.00. The zero-order valence-corrected chi connectivity index (χ0v) is 13.1. The second kappa shape index (κ2) is 6.36. The van der Waals surface area contributed by atoms with Gasteiger partial charge in [-0.3, -0.25) is 0 Å². The predicted octanol–water partition coefficient (Wildman–Crippen LogP) is 4.76. The summed E-state index contributed by atoms with van der Waals surface area (Å²) in [4.78, 5) is 0. The first-order valence-electron chi connectivity index (χ1n) is 6.96. The van der Waals surface area contributed by atoms with Crippen molar-refractivity contribution in [3.63, 3.8) is 0 Å². The Morgan fingerprint density at radius 1 is 1.05 bits per heavy atom. The van der Waals surface area contributed by atoms with E-state index in [0.29, 0.717) is 6.04 Å². The summed E-state index contributed by atoms with van der Waals surface area (Å²) in [5.74, 6) is 0. The Balaban J connectivity index is 2.40. The normalized spacial score (nSPS) is 12.6. The van der Waals surface area contributed by atoms with Gasteiger partial charge in [-0.1, -0.05) is 30.7 Å². The maximum absolute atomic E-state index is 3.70. The van der Waals surface area contributed by atoms with Crippen LogP contribution in [0.5, 0.6) is 0 Å². The molecule has 1 unspecified atom stereocenters. The van der Waals surface area contributed by atoms with Gasteiger partial charge in [-0.2, -0.15) is 11.3 Å². The fraction of sp³-hybridized carbons (Fsp3) is 0.412. The SMILES string of the molecule is CCCNC(c1ccc(C)cc1C)c1cscc1C. The average Bonchev–Trinajstić information content (AvgIpc) is 2.78. The number of aryl methyl sites for hydroxylation is 3. The molecule has 0 spiro atoms. The number of nitrogens with one attached hydrogen (secondary N) is 1. The van der Waals surface area contributed by atoms with Gasteiger partial charge in [0.25, 0.3) is 0 Å². The molecule has 0 aliphatic heterocycles. The lowest BCUT2D eigenvalue weighted by atomic mass is 9.93. The molecule has 0 saturated carbocycles. The molecule has 19 heavy (non-hydrogen) atoms. The van der Waals surface area contributed by atoms with Crippen molar-refractivity contribution < 1.29 is 0 Å². The van der Waals surface area contributed by atoms with Crippen LogP contribution in [-0.4, -0.2) is 6.54 Å². The topological polar surface area (TPSA) is 12.0 Å². The summed E-state index contributed by atoms with van der Waals surface area (Å²) < 4.78 is 0. The molecule has 0 aliphatic carbocycles. The third-order valence-corrected chi connectivity index (χ3v) is 4.42. The van der Waals surface area contributed by atoms with Gasteiger partial charge in [-0.05, 0) is 66.8 Å². The number of benzene rings is 1. The van der Waals surface area contributed by atoms with Crippen LogP contribution in [0.15, 0.2) is 29.0 Å². The minimum absolute atomic E-state index is 0.326. The maximum atomic E-state index is 3.70. The Morgan fingerprint density at radius 3 is 2.42 bits per heavy atom. The number of hydrogen-bond donors (Lipinski definition) is 1. The summed E-state index contributed by atoms with van der Waals surface area (Å²) in [7, 11) is 0. The van der Waals surface area contributed by atoms with Crippen LogP contribution in [-0.2, 0) is 0 Å². The summed E-state index contributed by atoms with van der Waals surface area (Å²) in [6, 6.07) is 7.09. The molecule has 0 bridgehead atoms. The fourth-order valence-corrected chi connectivity index (χ4v) is 3.37. The first kappa shape index (κ1) is 14.3. The first-order valence-corrected chi connectivity index (χ1v) is 7.91. The minimum Gasteiger partial charge on any atom is -0.306 e. The summed E-state index contributed by atoms with van der Waals surface area (Å²) in [5, 5.41) is 8.21. The largest absolute Gasteiger partial charge is 0.306 e. The quantitative estimate of drug-likeness (QED) is 0.828. The molecule has 1 nitrogen and oxygen atoms in total. The first-order chi connectivity index (χ1) is 9.13. The summed E-state index contributed by atoms with van der Waals surface area (Å²) >= 11 is 1.79. The predicted molar refractivity (Wildman–Crippen MR) is 85.1 cm³/mol. The van der Waals surface area contributed by atoms with Crippen LogP contribution in [0.4, 0.5) is 0 Å². The van der Waals surface area contributed by atoms with Crippen LogP contribution in [0.2, 0.25) is 0 Å². The molecule has 2 aromatic rings. The van der Waals surface area contributed by atoms with E-state index in [-0.39, 0.29) is 0 Å². The molecule has 2 heteroatoms. The Hall–Kier alpha value is -1.12. The van der Waals surface area contributed by atoms with Gasteiger partial charge in [0.2, 0.25) is 0 Å². The van der Waals surface area contributed by atoms with Crippen molar-refractivity contribution in [2.45, 2.75) is 40.2 Å². The standard InChI is InChI=1S/C17H23NS/c1-5-8-18-17(16-11-19-10-14(16)4)15-7-6-12(2)9-13(15)3/h6-7,9-11,17-18H,5,8H2,1-4H3. The third kappa shape index (κ3) is 3.26. The highest BCUT2D eigenvalue weighted by molar-refractivity contribution is 7.08. The van der Waals surface area contributed by atoms with E-state index in [1.807, 2.05) is 0 Å². The summed E-state index contributed by atoms with van der Waals surface area (Å²) in [5.41, 5.74) is 6.92. The highest BCUT2D eigenvalue weighted by atomic mass is 32.1. The van der Waals surface area contributed by atoms with Crippen LogP contribution in [0.25, 0.3) is 0 Å². The third-order valence-electron chi connectivity index (χ3n) is 3.54. The molecule has 0 amide bonds. The van der Waals surface area contributed by atoms with Crippen LogP contribution >= 0.6 is 11.3 Å². The zero-order valence-electron chi connectivity index (χ0n) is 12.3. The van der Waals surface area contributed by atoms with Crippen LogP contribution < -0.4 is 5.32 Å².